The quantitative estimate of drug-likeness (QED) is 0.740. The highest BCUT2D eigenvalue weighted by Crippen LogP contribution is 2.19. The summed E-state index contributed by atoms with van der Waals surface area (Å²) in [6.45, 7) is 5.17. The number of esters is 2. The molecule has 7 nitrogen and oxygen atoms in total. The molecule has 0 saturated carbocycles. The predicted octanol–water partition coefficient (Wildman–Crippen LogP) is 2.28. The van der Waals surface area contributed by atoms with E-state index in [1.54, 1.807) is 20.8 Å². The van der Waals surface area contributed by atoms with Gasteiger partial charge in [-0.25, -0.2) is 4.79 Å². The molecule has 26 heavy (non-hydrogen) atoms. The molecular weight excluding hydrogens is 336 g/mol. The Morgan fingerprint density at radius 3 is 2.42 bits per heavy atom. The van der Waals surface area contributed by atoms with Gasteiger partial charge in [0.1, 0.15) is 18.8 Å². The molecule has 138 valence electrons. The van der Waals surface area contributed by atoms with E-state index in [9.17, 15) is 14.4 Å². The number of aromatic nitrogens is 1. The van der Waals surface area contributed by atoms with Crippen LogP contribution in [0.25, 0.3) is 0 Å². The number of aromatic amines is 1. The molecule has 0 radical (unpaired) electrons. The number of amides is 1. The third kappa shape index (κ3) is 4.72. The fraction of sp³-hybridized carbons (Fsp3) is 0.316. The Labute approximate surface area is 151 Å². The molecule has 1 heterocycles. The van der Waals surface area contributed by atoms with Gasteiger partial charge >= 0.3 is 11.9 Å². The summed E-state index contributed by atoms with van der Waals surface area (Å²) in [6, 6.07) is 9.25. The summed E-state index contributed by atoms with van der Waals surface area (Å²) in [5, 5.41) is 2.49. The van der Waals surface area contributed by atoms with Crippen LogP contribution >= 0.6 is 0 Å². The number of hydrogen-bond acceptors (Lipinski definition) is 5. The second kappa shape index (κ2) is 8.84. The van der Waals surface area contributed by atoms with Crippen LogP contribution in [0.1, 0.15) is 44.6 Å². The number of hydrogen-bond donors (Lipinski definition) is 2. The topological polar surface area (TPSA) is 97.5 Å². The molecule has 2 rings (SSSR count). The molecule has 0 atom stereocenters. The maximum Gasteiger partial charge on any atom is 0.340 e. The largest absolute Gasteiger partial charge is 0.462 e. The number of H-pyrrole nitrogens is 1. The molecule has 0 spiro atoms. The fourth-order valence-electron chi connectivity index (χ4n) is 2.52. The van der Waals surface area contributed by atoms with E-state index in [0.717, 1.165) is 5.56 Å². The summed E-state index contributed by atoms with van der Waals surface area (Å²) in [6.07, 6.45) is 0. The highest BCUT2D eigenvalue weighted by Gasteiger charge is 2.23. The number of benzene rings is 1. The smallest absolute Gasteiger partial charge is 0.340 e. The van der Waals surface area contributed by atoms with Crippen LogP contribution in [0, 0.1) is 13.8 Å². The first-order valence-corrected chi connectivity index (χ1v) is 8.28. The summed E-state index contributed by atoms with van der Waals surface area (Å²) in [5.74, 6) is -1.52. The van der Waals surface area contributed by atoms with E-state index in [4.69, 9.17) is 9.47 Å². The van der Waals surface area contributed by atoms with Gasteiger partial charge in [0.2, 0.25) is 0 Å². The minimum atomic E-state index is -0.547. The van der Waals surface area contributed by atoms with Crippen molar-refractivity contribution in [1.82, 2.24) is 10.3 Å². The van der Waals surface area contributed by atoms with E-state index in [2.05, 4.69) is 10.3 Å². The molecular formula is C19H22N2O5. The standard InChI is InChI=1S/C19H22N2O5/c1-4-25-19(24)16-12(2)17(21-13(16)3)18(23)20-10-15(22)26-11-14-8-6-5-7-9-14/h5-9,21H,4,10-11H2,1-3H3,(H,20,23). The fourth-order valence-corrected chi connectivity index (χ4v) is 2.52. The second-order valence-corrected chi connectivity index (χ2v) is 5.67. The second-order valence-electron chi connectivity index (χ2n) is 5.67. The van der Waals surface area contributed by atoms with Gasteiger partial charge in [0, 0.05) is 5.69 Å². The van der Waals surface area contributed by atoms with E-state index in [0.29, 0.717) is 16.8 Å². The Kier molecular flexibility index (Phi) is 6.54. The number of ether oxygens (including phenoxy) is 2. The van der Waals surface area contributed by atoms with Gasteiger partial charge in [-0.05, 0) is 31.9 Å². The van der Waals surface area contributed by atoms with Gasteiger partial charge in [-0.3, -0.25) is 9.59 Å². The summed E-state index contributed by atoms with van der Waals surface area (Å²) in [5.41, 5.74) is 2.45. The number of rotatable bonds is 7. The number of carbonyl (C=O) groups is 3. The molecule has 1 amide bonds. The molecule has 2 N–H and O–H groups in total. The van der Waals surface area contributed by atoms with Crippen LogP contribution < -0.4 is 5.32 Å². The van der Waals surface area contributed by atoms with Crippen LogP contribution in [0.2, 0.25) is 0 Å². The maximum absolute atomic E-state index is 12.3. The third-order valence-electron chi connectivity index (χ3n) is 3.78. The van der Waals surface area contributed by atoms with Crippen LogP contribution in [-0.4, -0.2) is 36.0 Å². The first-order valence-electron chi connectivity index (χ1n) is 8.28. The monoisotopic (exact) mass is 358 g/mol. The van der Waals surface area contributed by atoms with Crippen molar-refractivity contribution in [3.8, 4) is 0 Å². The average molecular weight is 358 g/mol. The maximum atomic E-state index is 12.3. The molecule has 1 aromatic heterocycles. The van der Waals surface area contributed by atoms with Crippen molar-refractivity contribution in [1.29, 1.82) is 0 Å². The van der Waals surface area contributed by atoms with Crippen molar-refractivity contribution in [3.05, 3.63) is 58.4 Å². The highest BCUT2D eigenvalue weighted by atomic mass is 16.5. The molecule has 0 fully saturated rings. The Balaban J connectivity index is 1.92. The molecule has 0 aliphatic carbocycles. The highest BCUT2D eigenvalue weighted by molar-refractivity contribution is 6.01. The normalized spacial score (nSPS) is 10.3. The summed E-state index contributed by atoms with van der Waals surface area (Å²) >= 11 is 0. The predicted molar refractivity (Wildman–Crippen MR) is 94.8 cm³/mol. The number of nitrogens with one attached hydrogen (secondary N) is 2. The van der Waals surface area contributed by atoms with E-state index >= 15 is 0 Å². The molecule has 7 heteroatoms. The minimum Gasteiger partial charge on any atom is -0.462 e. The van der Waals surface area contributed by atoms with Crippen molar-refractivity contribution < 1.29 is 23.9 Å². The number of carbonyl (C=O) groups excluding carboxylic acids is 3. The van der Waals surface area contributed by atoms with Crippen LogP contribution in [0.3, 0.4) is 0 Å². The van der Waals surface area contributed by atoms with Crippen molar-refractivity contribution in [3.63, 3.8) is 0 Å². The van der Waals surface area contributed by atoms with Gasteiger partial charge in [0.25, 0.3) is 5.91 Å². The summed E-state index contributed by atoms with van der Waals surface area (Å²) < 4.78 is 10.1. The van der Waals surface area contributed by atoms with Crippen LogP contribution in [0.15, 0.2) is 30.3 Å². The van der Waals surface area contributed by atoms with Crippen LogP contribution in [0.4, 0.5) is 0 Å². The lowest BCUT2D eigenvalue weighted by atomic mass is 10.1. The van der Waals surface area contributed by atoms with Crippen molar-refractivity contribution >= 4 is 17.8 Å². The molecule has 1 aromatic carbocycles. The number of aryl methyl sites for hydroxylation is 1. The zero-order valence-electron chi connectivity index (χ0n) is 15.0. The molecule has 0 aliphatic heterocycles. The Morgan fingerprint density at radius 2 is 1.77 bits per heavy atom. The van der Waals surface area contributed by atoms with Crippen molar-refractivity contribution in [2.24, 2.45) is 0 Å². The Bertz CT molecular complexity index is 796. The molecule has 2 aromatic rings. The Morgan fingerprint density at radius 1 is 1.08 bits per heavy atom. The van der Waals surface area contributed by atoms with Gasteiger partial charge in [-0.2, -0.15) is 0 Å². The summed E-state index contributed by atoms with van der Waals surface area (Å²) in [4.78, 5) is 38.9. The van der Waals surface area contributed by atoms with Gasteiger partial charge < -0.3 is 19.8 Å². The Hall–Kier alpha value is -3.09. The van der Waals surface area contributed by atoms with Gasteiger partial charge in [-0.15, -0.1) is 0 Å². The zero-order chi connectivity index (χ0) is 19.1. The molecule has 0 bridgehead atoms. The third-order valence-corrected chi connectivity index (χ3v) is 3.78. The van der Waals surface area contributed by atoms with Crippen LogP contribution in [-0.2, 0) is 20.9 Å². The van der Waals surface area contributed by atoms with Gasteiger partial charge in [0.15, 0.2) is 0 Å². The van der Waals surface area contributed by atoms with Gasteiger partial charge in [-0.1, -0.05) is 30.3 Å². The molecule has 0 saturated heterocycles. The summed E-state index contributed by atoms with van der Waals surface area (Å²) in [7, 11) is 0. The van der Waals surface area contributed by atoms with Gasteiger partial charge in [0.05, 0.1) is 12.2 Å². The minimum absolute atomic E-state index is 0.142. The lowest BCUT2D eigenvalue weighted by Crippen LogP contribution is -2.31. The first-order chi connectivity index (χ1) is 12.4. The van der Waals surface area contributed by atoms with E-state index < -0.39 is 17.8 Å². The zero-order valence-corrected chi connectivity index (χ0v) is 15.0. The van der Waals surface area contributed by atoms with E-state index in [-0.39, 0.29) is 25.5 Å². The SMILES string of the molecule is CCOC(=O)c1c(C)[nH]c(C(=O)NCC(=O)OCc2ccccc2)c1C. The van der Waals surface area contributed by atoms with E-state index in [1.807, 2.05) is 30.3 Å². The first kappa shape index (κ1) is 19.2. The van der Waals surface area contributed by atoms with Crippen molar-refractivity contribution in [2.75, 3.05) is 13.2 Å². The molecule has 0 aliphatic rings. The van der Waals surface area contributed by atoms with Crippen molar-refractivity contribution in [2.45, 2.75) is 27.4 Å². The average Bonchev–Trinajstić information content (AvgIpc) is 2.93. The van der Waals surface area contributed by atoms with E-state index in [1.165, 1.54) is 0 Å². The molecule has 0 unspecified atom stereocenters. The lowest BCUT2D eigenvalue weighted by molar-refractivity contribution is -0.143. The lowest BCUT2D eigenvalue weighted by Gasteiger charge is -2.07. The van der Waals surface area contributed by atoms with Crippen LogP contribution in [0.5, 0.6) is 0 Å².